The lowest BCUT2D eigenvalue weighted by Gasteiger charge is -2.71. The summed E-state index contributed by atoms with van der Waals surface area (Å²) in [6, 6.07) is 0. The first-order valence-corrected chi connectivity index (χ1v) is 7.93. The predicted octanol–water partition coefficient (Wildman–Crippen LogP) is 1.01. The monoisotopic (exact) mass is 310 g/mol. The summed E-state index contributed by atoms with van der Waals surface area (Å²) >= 11 is 0. The van der Waals surface area contributed by atoms with Gasteiger partial charge in [-0.2, -0.15) is 0 Å². The van der Waals surface area contributed by atoms with Crippen molar-refractivity contribution in [2.45, 2.75) is 58.3 Å². The minimum absolute atomic E-state index is 0.132. The Labute approximate surface area is 131 Å². The van der Waals surface area contributed by atoms with Gasteiger partial charge >= 0.3 is 5.97 Å². The van der Waals surface area contributed by atoms with Crippen molar-refractivity contribution in [3.63, 3.8) is 0 Å². The van der Waals surface area contributed by atoms with Crippen molar-refractivity contribution in [2.24, 2.45) is 22.2 Å². The summed E-state index contributed by atoms with van der Waals surface area (Å²) in [5.41, 5.74) is -2.90. The first-order chi connectivity index (χ1) is 10.0. The third kappa shape index (κ3) is 1.52. The molecule has 0 aliphatic heterocycles. The van der Waals surface area contributed by atoms with Gasteiger partial charge in [0.2, 0.25) is 0 Å². The molecule has 0 saturated heterocycles. The van der Waals surface area contributed by atoms with Gasteiger partial charge in [0.1, 0.15) is 11.7 Å². The Kier molecular flexibility index (Phi) is 3.15. The Morgan fingerprint density at radius 3 is 2.45 bits per heavy atom. The summed E-state index contributed by atoms with van der Waals surface area (Å²) < 4.78 is 5.47. The Morgan fingerprint density at radius 1 is 1.32 bits per heavy atom. The summed E-state index contributed by atoms with van der Waals surface area (Å²) in [6.07, 6.45) is 3.24. The Morgan fingerprint density at radius 2 is 1.95 bits per heavy atom. The molecule has 0 aromatic rings. The van der Waals surface area contributed by atoms with E-state index in [-0.39, 0.29) is 12.5 Å². The van der Waals surface area contributed by atoms with Gasteiger partial charge in [0.05, 0.1) is 12.7 Å². The van der Waals surface area contributed by atoms with Gasteiger partial charge in [-0.05, 0) is 18.3 Å². The van der Waals surface area contributed by atoms with Crippen molar-refractivity contribution >= 4 is 5.97 Å². The topological polar surface area (TPSA) is 87.0 Å². The zero-order valence-electron chi connectivity index (χ0n) is 13.7. The molecule has 3 aliphatic rings. The highest BCUT2D eigenvalue weighted by molar-refractivity contribution is 5.66. The molecule has 3 aliphatic carbocycles. The third-order valence-electron chi connectivity index (χ3n) is 6.91. The van der Waals surface area contributed by atoms with E-state index < -0.39 is 40.0 Å². The molecule has 0 spiro atoms. The van der Waals surface area contributed by atoms with Crippen LogP contribution in [0.2, 0.25) is 0 Å². The van der Waals surface area contributed by atoms with Crippen LogP contribution in [0.1, 0.15) is 40.5 Å². The number of carbonyl (C=O) groups is 1. The van der Waals surface area contributed by atoms with E-state index >= 15 is 0 Å². The molecule has 0 heterocycles. The van der Waals surface area contributed by atoms with E-state index in [1.165, 1.54) is 6.92 Å². The van der Waals surface area contributed by atoms with E-state index in [9.17, 15) is 20.1 Å². The quantitative estimate of drug-likeness (QED) is 0.523. The fourth-order valence-corrected chi connectivity index (χ4v) is 5.39. The fraction of sp³-hybridized carbons (Fsp3) is 0.824. The number of aliphatic hydroxyl groups is 3. The fourth-order valence-electron chi connectivity index (χ4n) is 5.39. The molecule has 2 fully saturated rings. The maximum Gasteiger partial charge on any atom is 0.303 e. The smallest absolute Gasteiger partial charge is 0.303 e. The molecular weight excluding hydrogens is 284 g/mol. The summed E-state index contributed by atoms with van der Waals surface area (Å²) in [4.78, 5) is 11.5. The lowest BCUT2D eigenvalue weighted by atomic mass is 9.35. The molecule has 6 atom stereocenters. The highest BCUT2D eigenvalue weighted by atomic mass is 16.6. The van der Waals surface area contributed by atoms with E-state index in [0.717, 1.165) is 0 Å². The standard InChI is InChI=1S/C17H26O5/c1-10(19)22-13-8-15(4)12(20)5-6-16(15,9-18)11-7-14(2,3)17(11,13)21/h5-6,11-13,18,20-21H,7-9H2,1-4H3/t11-,12+,13+,15-,16+,17-/m1/s1. The van der Waals surface area contributed by atoms with Gasteiger partial charge in [0.15, 0.2) is 0 Å². The van der Waals surface area contributed by atoms with Crippen LogP contribution < -0.4 is 0 Å². The van der Waals surface area contributed by atoms with Crippen LogP contribution in [-0.4, -0.2) is 45.7 Å². The molecule has 0 bridgehead atoms. The van der Waals surface area contributed by atoms with Gasteiger partial charge in [0, 0.05) is 23.7 Å². The molecule has 0 amide bonds. The molecular formula is C17H26O5. The van der Waals surface area contributed by atoms with Gasteiger partial charge < -0.3 is 20.1 Å². The Balaban J connectivity index is 2.10. The molecule has 3 N–H and O–H groups in total. The van der Waals surface area contributed by atoms with Crippen molar-refractivity contribution in [2.75, 3.05) is 6.61 Å². The van der Waals surface area contributed by atoms with Crippen LogP contribution in [-0.2, 0) is 9.53 Å². The van der Waals surface area contributed by atoms with Gasteiger partial charge in [-0.3, -0.25) is 4.79 Å². The van der Waals surface area contributed by atoms with Crippen LogP contribution in [0.25, 0.3) is 0 Å². The Bertz CT molecular complexity index is 541. The number of hydrogen-bond donors (Lipinski definition) is 3. The lowest BCUT2D eigenvalue weighted by Crippen LogP contribution is -2.78. The lowest BCUT2D eigenvalue weighted by molar-refractivity contribution is -0.332. The van der Waals surface area contributed by atoms with Crippen LogP contribution in [0, 0.1) is 22.2 Å². The average Bonchev–Trinajstić information content (AvgIpc) is 2.67. The van der Waals surface area contributed by atoms with Crippen molar-refractivity contribution < 1.29 is 24.9 Å². The zero-order chi connectivity index (χ0) is 16.6. The highest BCUT2D eigenvalue weighted by Crippen LogP contribution is 2.73. The second-order valence-corrected chi connectivity index (χ2v) is 8.19. The van der Waals surface area contributed by atoms with E-state index in [0.29, 0.717) is 12.8 Å². The molecule has 5 heteroatoms. The van der Waals surface area contributed by atoms with Crippen LogP contribution in [0.3, 0.4) is 0 Å². The molecule has 0 radical (unpaired) electrons. The number of fused-ring (bicyclic) bond motifs is 3. The summed E-state index contributed by atoms with van der Waals surface area (Å²) in [7, 11) is 0. The third-order valence-corrected chi connectivity index (χ3v) is 6.91. The van der Waals surface area contributed by atoms with E-state index in [1.54, 1.807) is 6.08 Å². The largest absolute Gasteiger partial charge is 0.459 e. The van der Waals surface area contributed by atoms with Crippen LogP contribution >= 0.6 is 0 Å². The van der Waals surface area contributed by atoms with Gasteiger partial charge in [-0.15, -0.1) is 0 Å². The molecule has 3 rings (SSSR count). The maximum atomic E-state index is 11.5. The number of hydrogen-bond acceptors (Lipinski definition) is 5. The zero-order valence-corrected chi connectivity index (χ0v) is 13.7. The number of aliphatic hydroxyl groups excluding tert-OH is 2. The van der Waals surface area contributed by atoms with E-state index in [1.807, 2.05) is 26.8 Å². The molecule has 2 saturated carbocycles. The first kappa shape index (κ1) is 16.0. The Hall–Kier alpha value is -0.910. The first-order valence-electron chi connectivity index (χ1n) is 7.93. The van der Waals surface area contributed by atoms with E-state index in [2.05, 4.69) is 0 Å². The van der Waals surface area contributed by atoms with E-state index in [4.69, 9.17) is 4.74 Å². The van der Waals surface area contributed by atoms with Crippen LogP contribution in [0.4, 0.5) is 0 Å². The summed E-state index contributed by atoms with van der Waals surface area (Å²) in [6.45, 7) is 7.04. The van der Waals surface area contributed by atoms with Gasteiger partial charge in [-0.25, -0.2) is 0 Å². The highest BCUT2D eigenvalue weighted by Gasteiger charge is 2.77. The van der Waals surface area contributed by atoms with Crippen molar-refractivity contribution in [3.8, 4) is 0 Å². The van der Waals surface area contributed by atoms with Gasteiger partial charge in [0.25, 0.3) is 0 Å². The minimum Gasteiger partial charge on any atom is -0.459 e. The molecule has 5 nitrogen and oxygen atoms in total. The van der Waals surface area contributed by atoms with Crippen molar-refractivity contribution in [1.29, 1.82) is 0 Å². The minimum atomic E-state index is -1.19. The normalized spacial score (nSPS) is 51.7. The number of carbonyl (C=O) groups excluding carboxylic acids is 1. The predicted molar refractivity (Wildman–Crippen MR) is 79.8 cm³/mol. The number of rotatable bonds is 2. The number of ether oxygens (including phenoxy) is 1. The molecule has 22 heavy (non-hydrogen) atoms. The SMILES string of the molecule is CC(=O)O[C@H]1C[C@]2(C)[C@@H](O)C=C[C@]2(CO)[C@H]2CC(C)(C)[C@]12O. The van der Waals surface area contributed by atoms with Crippen molar-refractivity contribution in [1.82, 2.24) is 0 Å². The maximum absolute atomic E-state index is 11.5. The molecule has 124 valence electrons. The second kappa shape index (κ2) is 4.34. The van der Waals surface area contributed by atoms with Crippen molar-refractivity contribution in [3.05, 3.63) is 12.2 Å². The summed E-state index contributed by atoms with van der Waals surface area (Å²) in [5.74, 6) is -0.670. The molecule has 0 unspecified atom stereocenters. The van der Waals surface area contributed by atoms with Crippen LogP contribution in [0.15, 0.2) is 12.2 Å². The van der Waals surface area contributed by atoms with Gasteiger partial charge in [-0.1, -0.05) is 32.9 Å². The molecule has 0 aromatic heterocycles. The molecule has 0 aromatic carbocycles. The second-order valence-electron chi connectivity index (χ2n) is 8.19. The summed E-state index contributed by atoms with van der Waals surface area (Å²) in [5, 5.41) is 32.0. The van der Waals surface area contributed by atoms with Crippen LogP contribution in [0.5, 0.6) is 0 Å². The average molecular weight is 310 g/mol. The number of esters is 1.